The van der Waals surface area contributed by atoms with Gasteiger partial charge in [0.05, 0.1) is 22.0 Å². The normalized spacial score (nSPS) is 20.6. The van der Waals surface area contributed by atoms with E-state index in [-0.39, 0.29) is 5.78 Å². The molecule has 0 saturated carbocycles. The van der Waals surface area contributed by atoms with Crippen molar-refractivity contribution in [2.24, 2.45) is 0 Å². The number of ketones is 1. The largest absolute Gasteiger partial charge is 0.368 e. The molecule has 0 bridgehead atoms. The summed E-state index contributed by atoms with van der Waals surface area (Å²) in [5, 5.41) is 3.16. The van der Waals surface area contributed by atoms with Crippen molar-refractivity contribution in [3.63, 3.8) is 0 Å². The number of aromatic nitrogens is 2. The summed E-state index contributed by atoms with van der Waals surface area (Å²) in [6.07, 6.45) is 10.6. The van der Waals surface area contributed by atoms with Crippen LogP contribution in [0.2, 0.25) is 0 Å². The molecule has 2 aliphatic rings. The summed E-state index contributed by atoms with van der Waals surface area (Å²) in [4.78, 5) is 23.5. The van der Waals surface area contributed by atoms with Gasteiger partial charge in [-0.1, -0.05) is 12.0 Å². The minimum atomic E-state index is 0.0145. The van der Waals surface area contributed by atoms with Gasteiger partial charge >= 0.3 is 0 Å². The lowest BCUT2D eigenvalue weighted by Crippen LogP contribution is -2.27. The van der Waals surface area contributed by atoms with E-state index in [1.54, 1.807) is 17.5 Å². The van der Waals surface area contributed by atoms with Crippen LogP contribution in [-0.4, -0.2) is 33.7 Å². The predicted molar refractivity (Wildman–Crippen MR) is 89.7 cm³/mol. The number of nitrogens with zero attached hydrogens (tertiary/aromatic N) is 3. The van der Waals surface area contributed by atoms with Gasteiger partial charge in [0.2, 0.25) is 0 Å². The lowest BCUT2D eigenvalue weighted by molar-refractivity contribution is -0.114. The van der Waals surface area contributed by atoms with Crippen LogP contribution in [0, 0.1) is 12.3 Å². The van der Waals surface area contributed by atoms with Gasteiger partial charge in [-0.3, -0.25) is 9.78 Å². The molecule has 114 valence electrons. The Morgan fingerprint density at radius 1 is 1.35 bits per heavy atom. The molecule has 1 unspecified atom stereocenters. The van der Waals surface area contributed by atoms with Crippen molar-refractivity contribution in [1.82, 2.24) is 14.9 Å². The molecule has 0 aromatic carbocycles. The molecule has 23 heavy (non-hydrogen) atoms. The van der Waals surface area contributed by atoms with Gasteiger partial charge in [-0.25, -0.2) is 4.98 Å². The number of carbonyl (C=O) groups excluding carboxylic acids is 1. The van der Waals surface area contributed by atoms with Crippen molar-refractivity contribution in [2.45, 2.75) is 18.8 Å². The molecule has 1 atom stereocenters. The minimum absolute atomic E-state index is 0.0145. The zero-order valence-corrected chi connectivity index (χ0v) is 13.3. The van der Waals surface area contributed by atoms with Crippen LogP contribution in [0.1, 0.15) is 28.6 Å². The number of hydrogen-bond donors (Lipinski definition) is 0. The molecule has 1 fully saturated rings. The van der Waals surface area contributed by atoms with Crippen LogP contribution in [-0.2, 0) is 11.2 Å². The highest BCUT2D eigenvalue weighted by Crippen LogP contribution is 2.37. The zero-order chi connectivity index (χ0) is 15.8. The third-order valence-electron chi connectivity index (χ3n) is 4.43. The van der Waals surface area contributed by atoms with Gasteiger partial charge in [0.1, 0.15) is 0 Å². The van der Waals surface area contributed by atoms with Crippen molar-refractivity contribution < 1.29 is 4.79 Å². The topological polar surface area (TPSA) is 46.1 Å². The fraction of sp³-hybridized carbons (Fsp3) is 0.278. The molecule has 1 aliphatic heterocycles. The van der Waals surface area contributed by atoms with Gasteiger partial charge in [0.15, 0.2) is 5.78 Å². The molecule has 0 amide bonds. The molecule has 2 aromatic rings. The number of allylic oxidation sites excluding steroid dienone is 1. The average molecular weight is 321 g/mol. The van der Waals surface area contributed by atoms with E-state index in [0.717, 1.165) is 41.5 Å². The van der Waals surface area contributed by atoms with Gasteiger partial charge in [-0.15, -0.1) is 17.8 Å². The van der Waals surface area contributed by atoms with Crippen LogP contribution in [0.15, 0.2) is 35.5 Å². The Labute approximate surface area is 138 Å². The molecule has 0 radical (unpaired) electrons. The van der Waals surface area contributed by atoms with E-state index in [4.69, 9.17) is 6.42 Å². The summed E-state index contributed by atoms with van der Waals surface area (Å²) in [5.74, 6) is 3.02. The van der Waals surface area contributed by atoms with E-state index in [0.29, 0.717) is 17.9 Å². The van der Waals surface area contributed by atoms with Crippen molar-refractivity contribution in [1.29, 1.82) is 0 Å². The fourth-order valence-electron chi connectivity index (χ4n) is 3.36. The second-order valence-electron chi connectivity index (χ2n) is 5.78. The maximum absolute atomic E-state index is 12.4. The quantitative estimate of drug-likeness (QED) is 0.797. The van der Waals surface area contributed by atoms with Crippen molar-refractivity contribution in [3.8, 4) is 12.3 Å². The van der Waals surface area contributed by atoms with Gasteiger partial charge in [-0.05, 0) is 18.1 Å². The van der Waals surface area contributed by atoms with Crippen LogP contribution in [0.3, 0.4) is 0 Å². The van der Waals surface area contributed by atoms with E-state index in [1.165, 1.54) is 0 Å². The molecular weight excluding hydrogens is 306 g/mol. The highest BCUT2D eigenvalue weighted by Gasteiger charge is 2.34. The first-order valence-corrected chi connectivity index (χ1v) is 8.48. The van der Waals surface area contributed by atoms with Crippen molar-refractivity contribution in [3.05, 3.63) is 51.7 Å². The van der Waals surface area contributed by atoms with Crippen LogP contribution < -0.4 is 0 Å². The number of hydrogen-bond acceptors (Lipinski definition) is 5. The number of fused-ring (bicyclic) bond motifs is 1. The van der Waals surface area contributed by atoms with Crippen molar-refractivity contribution >= 4 is 22.8 Å². The predicted octanol–water partition coefficient (Wildman–Crippen LogP) is 2.50. The third-order valence-corrected chi connectivity index (χ3v) is 5.37. The zero-order valence-electron chi connectivity index (χ0n) is 12.5. The number of pyridine rings is 1. The summed E-state index contributed by atoms with van der Waals surface area (Å²) in [7, 11) is 0. The van der Waals surface area contributed by atoms with Gasteiger partial charge in [0, 0.05) is 43.2 Å². The van der Waals surface area contributed by atoms with E-state index < -0.39 is 0 Å². The summed E-state index contributed by atoms with van der Waals surface area (Å²) >= 11 is 1.68. The Bertz CT molecular complexity index is 832. The first kappa shape index (κ1) is 14.2. The molecular formula is C18H15N3OS. The van der Waals surface area contributed by atoms with Gasteiger partial charge in [-0.2, -0.15) is 0 Å². The lowest BCUT2D eigenvalue weighted by atomic mass is 9.91. The Kier molecular flexibility index (Phi) is 3.47. The maximum atomic E-state index is 12.4. The maximum Gasteiger partial charge on any atom is 0.177 e. The SMILES string of the molecule is C#CC1=C(N2CCC(c3nccs3)C2)c2ncccc2CC1=O. The highest BCUT2D eigenvalue weighted by molar-refractivity contribution is 7.09. The van der Waals surface area contributed by atoms with Gasteiger partial charge < -0.3 is 4.90 Å². The summed E-state index contributed by atoms with van der Waals surface area (Å²) < 4.78 is 0. The Hall–Kier alpha value is -2.45. The first-order valence-electron chi connectivity index (χ1n) is 7.60. The van der Waals surface area contributed by atoms with E-state index >= 15 is 0 Å². The molecule has 0 spiro atoms. The van der Waals surface area contributed by atoms with Crippen LogP contribution >= 0.6 is 11.3 Å². The third kappa shape index (κ3) is 2.36. The second-order valence-corrected chi connectivity index (χ2v) is 6.71. The molecule has 5 heteroatoms. The van der Waals surface area contributed by atoms with E-state index in [9.17, 15) is 4.79 Å². The number of Topliss-reactive ketones (excluding diaryl/α,β-unsaturated/α-hetero) is 1. The lowest BCUT2D eigenvalue weighted by Gasteiger charge is -2.27. The molecule has 1 saturated heterocycles. The first-order chi connectivity index (χ1) is 11.3. The highest BCUT2D eigenvalue weighted by atomic mass is 32.1. The minimum Gasteiger partial charge on any atom is -0.368 e. The number of terminal acetylenes is 1. The fourth-order valence-corrected chi connectivity index (χ4v) is 4.13. The van der Waals surface area contributed by atoms with Crippen LogP contribution in [0.25, 0.3) is 5.70 Å². The molecule has 3 heterocycles. The average Bonchev–Trinajstić information content (AvgIpc) is 3.24. The van der Waals surface area contributed by atoms with Crippen LogP contribution in [0.4, 0.5) is 0 Å². The molecule has 2 aromatic heterocycles. The Balaban J connectivity index is 1.74. The summed E-state index contributed by atoms with van der Waals surface area (Å²) in [5.41, 5.74) is 3.12. The summed E-state index contributed by atoms with van der Waals surface area (Å²) in [6.45, 7) is 1.70. The molecule has 4 rings (SSSR count). The number of carbonyl (C=O) groups is 1. The molecule has 0 N–H and O–H groups in total. The standard InChI is InChI=1S/C18H15N3OS/c1-2-14-15(22)10-12-4-3-6-19-16(12)17(14)21-8-5-13(11-21)18-20-7-9-23-18/h1,3-4,6-7,9,13H,5,8,10-11H2. The Morgan fingerprint density at radius 2 is 2.26 bits per heavy atom. The number of rotatable bonds is 2. The van der Waals surface area contributed by atoms with Crippen molar-refractivity contribution in [2.75, 3.05) is 13.1 Å². The Morgan fingerprint density at radius 3 is 3.04 bits per heavy atom. The smallest absolute Gasteiger partial charge is 0.177 e. The number of thiazole rings is 1. The van der Waals surface area contributed by atoms with Gasteiger partial charge in [0.25, 0.3) is 0 Å². The second kappa shape index (κ2) is 5.64. The number of likely N-dealkylation sites (tertiary alicyclic amines) is 1. The summed E-state index contributed by atoms with van der Waals surface area (Å²) in [6, 6.07) is 3.83. The monoisotopic (exact) mass is 321 g/mol. The van der Waals surface area contributed by atoms with E-state index in [1.807, 2.05) is 23.7 Å². The molecule has 1 aliphatic carbocycles. The van der Waals surface area contributed by atoms with E-state index in [2.05, 4.69) is 20.8 Å². The van der Waals surface area contributed by atoms with Crippen LogP contribution in [0.5, 0.6) is 0 Å². The molecule has 4 nitrogen and oxygen atoms in total.